The Morgan fingerprint density at radius 3 is 2.67 bits per heavy atom. The van der Waals surface area contributed by atoms with Crippen LogP contribution in [-0.4, -0.2) is 25.0 Å². The monoisotopic (exact) mass is 540 g/mol. The third-order valence-electron chi connectivity index (χ3n) is 7.24. The summed E-state index contributed by atoms with van der Waals surface area (Å²) in [6, 6.07) is 8.23. The molecule has 3 unspecified atom stereocenters. The summed E-state index contributed by atoms with van der Waals surface area (Å²) in [7, 11) is 0. The molecule has 2 aromatic rings. The molecule has 5 nitrogen and oxygen atoms in total. The van der Waals surface area contributed by atoms with Crippen molar-refractivity contribution in [3.05, 3.63) is 35.9 Å². The second kappa shape index (κ2) is 10.7. The van der Waals surface area contributed by atoms with Crippen LogP contribution in [0.4, 0.5) is 35.9 Å². The van der Waals surface area contributed by atoms with Gasteiger partial charge < -0.3 is 21.3 Å². The summed E-state index contributed by atoms with van der Waals surface area (Å²) in [6.07, 6.45) is 0.798. The number of alkyl halides is 3. The molecule has 4 N–H and O–H groups in total. The number of halogens is 4. The fourth-order valence-electron chi connectivity index (χ4n) is 5.36. The standard InChI is InChI=1S/C26H31F3N4OS.ClH/c1-15-4-3-9-33(14-15)19-7-8-20-22(13-19)35-23-12-17(26(27,28)29)11-21(24(23)31-20)32-25(34)16-5-2-6-18(30)10-16;/h7-8,11-13,15-16,18,31H,2-6,9-10,14,30H2,1H3,(H,32,34);1H. The Kier molecular flexibility index (Phi) is 8.02. The van der Waals surface area contributed by atoms with Gasteiger partial charge in [-0.05, 0) is 68.4 Å². The molecule has 3 atom stereocenters. The van der Waals surface area contributed by atoms with E-state index in [0.29, 0.717) is 29.3 Å². The third kappa shape index (κ3) is 5.73. The Morgan fingerprint density at radius 1 is 1.14 bits per heavy atom. The lowest BCUT2D eigenvalue weighted by Gasteiger charge is -2.34. The number of benzene rings is 2. The fourth-order valence-corrected chi connectivity index (χ4v) is 6.45. The van der Waals surface area contributed by atoms with Gasteiger partial charge in [-0.15, -0.1) is 12.4 Å². The van der Waals surface area contributed by atoms with Crippen molar-refractivity contribution in [2.24, 2.45) is 17.6 Å². The molecular weight excluding hydrogens is 509 g/mol. The summed E-state index contributed by atoms with van der Waals surface area (Å²) in [6.45, 7) is 4.20. The number of carbonyl (C=O) groups excluding carboxylic acids is 1. The zero-order valence-electron chi connectivity index (χ0n) is 20.2. The number of anilines is 4. The van der Waals surface area contributed by atoms with Crippen molar-refractivity contribution >= 4 is 52.8 Å². The van der Waals surface area contributed by atoms with Gasteiger partial charge in [-0.2, -0.15) is 13.2 Å². The van der Waals surface area contributed by atoms with E-state index < -0.39 is 11.7 Å². The minimum atomic E-state index is -4.52. The van der Waals surface area contributed by atoms with Crippen LogP contribution in [0.15, 0.2) is 40.1 Å². The molecule has 1 saturated carbocycles. The predicted octanol–water partition coefficient (Wildman–Crippen LogP) is 7.03. The van der Waals surface area contributed by atoms with E-state index >= 15 is 0 Å². The molecule has 2 aromatic carbocycles. The van der Waals surface area contributed by atoms with Gasteiger partial charge in [0.25, 0.3) is 0 Å². The maximum atomic E-state index is 13.8. The molecule has 0 bridgehead atoms. The van der Waals surface area contributed by atoms with Crippen molar-refractivity contribution in [1.29, 1.82) is 0 Å². The van der Waals surface area contributed by atoms with Gasteiger partial charge in [0.2, 0.25) is 5.91 Å². The van der Waals surface area contributed by atoms with Crippen molar-refractivity contribution in [2.75, 3.05) is 28.6 Å². The van der Waals surface area contributed by atoms with Crippen LogP contribution in [0.25, 0.3) is 0 Å². The quantitative estimate of drug-likeness (QED) is 0.333. The number of hydrogen-bond donors (Lipinski definition) is 3. The molecule has 0 spiro atoms. The Balaban J connectivity index is 0.00000304. The molecule has 36 heavy (non-hydrogen) atoms. The predicted molar refractivity (Wildman–Crippen MR) is 142 cm³/mol. The Morgan fingerprint density at radius 2 is 1.94 bits per heavy atom. The zero-order valence-corrected chi connectivity index (χ0v) is 21.8. The van der Waals surface area contributed by atoms with Gasteiger partial charge in [0.1, 0.15) is 0 Å². The number of fused-ring (bicyclic) bond motifs is 2. The topological polar surface area (TPSA) is 70.4 Å². The summed E-state index contributed by atoms with van der Waals surface area (Å²) < 4.78 is 41.3. The summed E-state index contributed by atoms with van der Waals surface area (Å²) in [5.41, 5.74) is 7.83. The Bertz CT molecular complexity index is 1130. The van der Waals surface area contributed by atoms with E-state index in [1.165, 1.54) is 18.2 Å². The van der Waals surface area contributed by atoms with E-state index in [-0.39, 0.29) is 36.0 Å². The molecule has 10 heteroatoms. The summed E-state index contributed by atoms with van der Waals surface area (Å²) in [5, 5.41) is 6.09. The number of nitrogens with two attached hydrogens (primary N) is 1. The van der Waals surface area contributed by atoms with Crippen molar-refractivity contribution in [2.45, 2.75) is 67.5 Å². The highest BCUT2D eigenvalue weighted by atomic mass is 35.5. The first kappa shape index (κ1) is 26.9. The van der Waals surface area contributed by atoms with Crippen LogP contribution in [0.1, 0.15) is 51.0 Å². The lowest BCUT2D eigenvalue weighted by molar-refractivity contribution is -0.137. The van der Waals surface area contributed by atoms with Crippen LogP contribution in [0, 0.1) is 11.8 Å². The molecule has 0 radical (unpaired) electrons. The lowest BCUT2D eigenvalue weighted by Crippen LogP contribution is -2.34. The van der Waals surface area contributed by atoms with E-state index in [2.05, 4.69) is 34.6 Å². The first-order valence-corrected chi connectivity index (χ1v) is 13.1. The molecule has 1 amide bonds. The highest BCUT2D eigenvalue weighted by molar-refractivity contribution is 7.99. The highest BCUT2D eigenvalue weighted by Gasteiger charge is 2.34. The summed E-state index contributed by atoms with van der Waals surface area (Å²) >= 11 is 1.31. The summed E-state index contributed by atoms with van der Waals surface area (Å²) in [4.78, 5) is 16.6. The van der Waals surface area contributed by atoms with Gasteiger partial charge in [-0.3, -0.25) is 4.79 Å². The van der Waals surface area contributed by atoms with Gasteiger partial charge in [0.05, 0.1) is 22.6 Å². The van der Waals surface area contributed by atoms with Crippen LogP contribution in [0.5, 0.6) is 0 Å². The molecule has 5 rings (SSSR count). The van der Waals surface area contributed by atoms with Crippen molar-refractivity contribution in [1.82, 2.24) is 0 Å². The molecular formula is C26H32ClF3N4OS. The zero-order chi connectivity index (χ0) is 24.7. The minimum absolute atomic E-state index is 0. The second-order valence-corrected chi connectivity index (χ2v) is 11.2. The largest absolute Gasteiger partial charge is 0.416 e. The SMILES string of the molecule is CC1CCCN(c2ccc3c(c2)Sc2cc(C(F)(F)F)cc(NC(=O)C4CCCC(N)C4)c2N3)C1.Cl. The maximum Gasteiger partial charge on any atom is 0.416 e. The van der Waals surface area contributed by atoms with Crippen molar-refractivity contribution in [3.8, 4) is 0 Å². The van der Waals surface area contributed by atoms with Crippen LogP contribution in [0.3, 0.4) is 0 Å². The molecule has 2 aliphatic heterocycles. The average Bonchev–Trinajstić information content (AvgIpc) is 2.82. The van der Waals surface area contributed by atoms with Crippen molar-refractivity contribution in [3.63, 3.8) is 0 Å². The first-order valence-electron chi connectivity index (χ1n) is 12.3. The summed E-state index contributed by atoms with van der Waals surface area (Å²) in [5.74, 6) is 0.0568. The number of nitrogens with one attached hydrogen (secondary N) is 2. The maximum absolute atomic E-state index is 13.8. The van der Waals surface area contributed by atoms with E-state index in [0.717, 1.165) is 60.8 Å². The van der Waals surface area contributed by atoms with E-state index in [4.69, 9.17) is 5.73 Å². The molecule has 1 saturated heterocycles. The number of piperidine rings is 1. The van der Waals surface area contributed by atoms with Gasteiger partial charge in [0.15, 0.2) is 0 Å². The van der Waals surface area contributed by atoms with Crippen LogP contribution in [-0.2, 0) is 11.0 Å². The minimum Gasteiger partial charge on any atom is -0.371 e. The van der Waals surface area contributed by atoms with Gasteiger partial charge in [-0.1, -0.05) is 25.1 Å². The normalized spacial score (nSPS) is 23.6. The first-order chi connectivity index (χ1) is 16.7. The number of nitrogens with zero attached hydrogens (tertiary/aromatic N) is 1. The number of hydrogen-bond acceptors (Lipinski definition) is 5. The van der Waals surface area contributed by atoms with Crippen LogP contribution in [0.2, 0.25) is 0 Å². The smallest absolute Gasteiger partial charge is 0.371 e. The Labute approximate surface area is 220 Å². The lowest BCUT2D eigenvalue weighted by atomic mass is 9.85. The van der Waals surface area contributed by atoms with Crippen LogP contribution < -0.4 is 21.3 Å². The highest BCUT2D eigenvalue weighted by Crippen LogP contribution is 2.50. The number of rotatable bonds is 3. The van der Waals surface area contributed by atoms with Crippen LogP contribution >= 0.6 is 24.2 Å². The van der Waals surface area contributed by atoms with Gasteiger partial charge >= 0.3 is 6.18 Å². The third-order valence-corrected chi connectivity index (χ3v) is 8.34. The molecule has 2 fully saturated rings. The fraction of sp³-hybridized carbons (Fsp3) is 0.500. The number of carbonyl (C=O) groups is 1. The van der Waals surface area contributed by atoms with Gasteiger partial charge in [-0.25, -0.2) is 0 Å². The van der Waals surface area contributed by atoms with Gasteiger partial charge in [0, 0.05) is 40.5 Å². The van der Waals surface area contributed by atoms with E-state index in [9.17, 15) is 18.0 Å². The Hall–Kier alpha value is -2.10. The molecule has 1 aliphatic carbocycles. The molecule has 0 aromatic heterocycles. The average molecular weight is 541 g/mol. The van der Waals surface area contributed by atoms with Crippen molar-refractivity contribution < 1.29 is 18.0 Å². The van der Waals surface area contributed by atoms with E-state index in [1.807, 2.05) is 6.07 Å². The number of amides is 1. The second-order valence-electron chi connectivity index (χ2n) is 10.1. The van der Waals surface area contributed by atoms with E-state index in [1.54, 1.807) is 0 Å². The molecule has 196 valence electrons. The molecule has 2 heterocycles. The molecule has 3 aliphatic rings.